The molecule has 5 nitrogen and oxygen atoms in total. The summed E-state index contributed by atoms with van der Waals surface area (Å²) in [6.07, 6.45) is 3.56. The van der Waals surface area contributed by atoms with Crippen LogP contribution in [0.1, 0.15) is 25.7 Å². The van der Waals surface area contributed by atoms with Gasteiger partial charge in [-0.15, -0.1) is 0 Å². The van der Waals surface area contributed by atoms with Gasteiger partial charge in [0, 0.05) is 40.0 Å². The highest BCUT2D eigenvalue weighted by Gasteiger charge is 2.40. The van der Waals surface area contributed by atoms with Crippen molar-refractivity contribution in [3.05, 3.63) is 0 Å². The van der Waals surface area contributed by atoms with Crippen molar-refractivity contribution >= 4 is 0 Å². The molecule has 2 heterocycles. The Balaban J connectivity index is 1.76. The van der Waals surface area contributed by atoms with Crippen molar-refractivity contribution in [3.8, 4) is 0 Å². The lowest BCUT2D eigenvalue weighted by Gasteiger charge is -2.44. The van der Waals surface area contributed by atoms with Crippen LogP contribution in [-0.4, -0.2) is 63.4 Å². The lowest BCUT2D eigenvalue weighted by Crippen LogP contribution is -2.48. The predicted molar refractivity (Wildman–Crippen MR) is 72.2 cm³/mol. The molecule has 0 aliphatic carbocycles. The van der Waals surface area contributed by atoms with Gasteiger partial charge in [0.2, 0.25) is 0 Å². The highest BCUT2D eigenvalue weighted by molar-refractivity contribution is 4.91. The summed E-state index contributed by atoms with van der Waals surface area (Å²) in [6, 6.07) is 0. The zero-order valence-electron chi connectivity index (χ0n) is 11.9. The number of hydrogen-bond donors (Lipinski definition) is 2. The Hall–Kier alpha value is -0.200. The first kappa shape index (κ1) is 15.2. The third kappa shape index (κ3) is 4.39. The maximum atomic E-state index is 10.3. The van der Waals surface area contributed by atoms with Crippen LogP contribution in [0.15, 0.2) is 0 Å². The smallest absolute Gasteiger partial charge is 0.0730 e. The minimum absolute atomic E-state index is 0.0331. The monoisotopic (exact) mass is 273 g/mol. The largest absolute Gasteiger partial charge is 0.392 e. The minimum Gasteiger partial charge on any atom is -0.392 e. The molecule has 2 atom stereocenters. The maximum absolute atomic E-state index is 10.3. The van der Waals surface area contributed by atoms with Gasteiger partial charge in [-0.25, -0.2) is 0 Å². The molecule has 2 rings (SSSR count). The average molecular weight is 273 g/mol. The third-order valence-electron chi connectivity index (χ3n) is 4.32. The Kier molecular flexibility index (Phi) is 6.04. The first-order valence-corrected chi connectivity index (χ1v) is 7.35. The van der Waals surface area contributed by atoms with Crippen LogP contribution in [0.25, 0.3) is 0 Å². The second-order valence-electron chi connectivity index (χ2n) is 5.66. The van der Waals surface area contributed by atoms with Crippen molar-refractivity contribution in [2.45, 2.75) is 37.4 Å². The predicted octanol–water partition coefficient (Wildman–Crippen LogP) is 0.559. The number of ether oxygens (including phenoxy) is 3. The fourth-order valence-electron chi connectivity index (χ4n) is 3.08. The van der Waals surface area contributed by atoms with Gasteiger partial charge in [0.1, 0.15) is 0 Å². The van der Waals surface area contributed by atoms with Crippen LogP contribution >= 0.6 is 0 Å². The molecule has 0 aromatic heterocycles. The van der Waals surface area contributed by atoms with Crippen LogP contribution < -0.4 is 5.32 Å². The van der Waals surface area contributed by atoms with E-state index in [1.165, 1.54) is 0 Å². The van der Waals surface area contributed by atoms with Gasteiger partial charge in [0.15, 0.2) is 0 Å². The molecular weight excluding hydrogens is 246 g/mol. The van der Waals surface area contributed by atoms with E-state index in [9.17, 15) is 5.11 Å². The molecule has 2 fully saturated rings. The second kappa shape index (κ2) is 7.55. The van der Waals surface area contributed by atoms with Crippen molar-refractivity contribution in [2.75, 3.05) is 46.6 Å². The quantitative estimate of drug-likeness (QED) is 0.693. The molecule has 0 saturated carbocycles. The number of methoxy groups -OCH3 is 1. The molecule has 0 radical (unpaired) electrons. The van der Waals surface area contributed by atoms with E-state index in [1.54, 1.807) is 7.11 Å². The van der Waals surface area contributed by atoms with Crippen LogP contribution in [0.3, 0.4) is 0 Å². The number of hydrogen-bond acceptors (Lipinski definition) is 5. The van der Waals surface area contributed by atoms with Crippen LogP contribution in [0.4, 0.5) is 0 Å². The molecule has 112 valence electrons. The second-order valence-corrected chi connectivity index (χ2v) is 5.66. The number of rotatable bonds is 6. The molecule has 0 aromatic carbocycles. The van der Waals surface area contributed by atoms with Gasteiger partial charge < -0.3 is 24.6 Å². The van der Waals surface area contributed by atoms with Gasteiger partial charge in [0.25, 0.3) is 0 Å². The van der Waals surface area contributed by atoms with Crippen LogP contribution in [0.5, 0.6) is 0 Å². The van der Waals surface area contributed by atoms with Crippen molar-refractivity contribution in [1.29, 1.82) is 0 Å². The molecule has 2 saturated heterocycles. The van der Waals surface area contributed by atoms with E-state index in [2.05, 4.69) is 5.32 Å². The maximum Gasteiger partial charge on any atom is 0.0730 e. The molecule has 0 bridgehead atoms. The van der Waals surface area contributed by atoms with Gasteiger partial charge in [-0.05, 0) is 31.6 Å². The summed E-state index contributed by atoms with van der Waals surface area (Å²) in [7, 11) is 1.69. The highest BCUT2D eigenvalue weighted by Crippen LogP contribution is 2.38. The van der Waals surface area contributed by atoms with E-state index < -0.39 is 0 Å². The highest BCUT2D eigenvalue weighted by atomic mass is 16.5. The summed E-state index contributed by atoms with van der Waals surface area (Å²) >= 11 is 0. The fraction of sp³-hybridized carbons (Fsp3) is 1.00. The first-order valence-electron chi connectivity index (χ1n) is 7.35. The van der Waals surface area contributed by atoms with Gasteiger partial charge in [-0.3, -0.25) is 0 Å². The number of nitrogens with one attached hydrogen (secondary N) is 1. The molecule has 5 heteroatoms. The molecule has 2 aliphatic heterocycles. The van der Waals surface area contributed by atoms with Crippen molar-refractivity contribution in [3.63, 3.8) is 0 Å². The number of aliphatic hydroxyl groups excluding tert-OH is 1. The normalized spacial score (nSPS) is 28.4. The molecule has 2 N–H and O–H groups in total. The summed E-state index contributed by atoms with van der Waals surface area (Å²) < 4.78 is 16.4. The Bertz CT molecular complexity index is 250. The van der Waals surface area contributed by atoms with Crippen LogP contribution in [0.2, 0.25) is 0 Å². The topological polar surface area (TPSA) is 60.0 Å². The molecule has 2 aliphatic rings. The molecule has 1 spiro atoms. The van der Waals surface area contributed by atoms with E-state index >= 15 is 0 Å². The Morgan fingerprint density at radius 3 is 2.89 bits per heavy atom. The van der Waals surface area contributed by atoms with Gasteiger partial charge in [-0.2, -0.15) is 0 Å². The lowest BCUT2D eigenvalue weighted by molar-refractivity contribution is -0.158. The average Bonchev–Trinajstić information content (AvgIpc) is 2.44. The minimum atomic E-state index is -0.291. The standard InChI is InChI=1S/C14H27NO4/c1-17-9-5-15-11-13(16)12-2-6-19-14(10-12)3-7-18-8-4-14/h12-13,15-16H,2-11H2,1H3. The SMILES string of the molecule is COCCNCC(O)C1CCOC2(CCOCC2)C1. The van der Waals surface area contributed by atoms with Crippen molar-refractivity contribution < 1.29 is 19.3 Å². The summed E-state index contributed by atoms with van der Waals surface area (Å²) in [6.45, 7) is 4.45. The molecule has 0 aromatic rings. The van der Waals surface area contributed by atoms with Crippen LogP contribution in [-0.2, 0) is 14.2 Å². The zero-order chi connectivity index (χ0) is 13.6. The summed E-state index contributed by atoms with van der Waals surface area (Å²) in [4.78, 5) is 0. The van der Waals surface area contributed by atoms with Gasteiger partial charge in [-0.1, -0.05) is 0 Å². The molecule has 2 unspecified atom stereocenters. The lowest BCUT2D eigenvalue weighted by atomic mass is 9.78. The molecular formula is C14H27NO4. The Morgan fingerprint density at radius 1 is 1.37 bits per heavy atom. The van der Waals surface area contributed by atoms with E-state index in [4.69, 9.17) is 14.2 Å². The van der Waals surface area contributed by atoms with Crippen LogP contribution in [0, 0.1) is 5.92 Å². The molecule has 19 heavy (non-hydrogen) atoms. The van der Waals surface area contributed by atoms with E-state index in [-0.39, 0.29) is 11.7 Å². The van der Waals surface area contributed by atoms with E-state index in [1.807, 2.05) is 0 Å². The summed E-state index contributed by atoms with van der Waals surface area (Å²) in [5.41, 5.74) is -0.0331. The van der Waals surface area contributed by atoms with E-state index in [0.29, 0.717) is 19.1 Å². The van der Waals surface area contributed by atoms with Crippen molar-refractivity contribution in [1.82, 2.24) is 5.32 Å². The van der Waals surface area contributed by atoms with Gasteiger partial charge in [0.05, 0.1) is 18.3 Å². The molecule has 0 amide bonds. The Morgan fingerprint density at radius 2 is 2.16 bits per heavy atom. The Labute approximate surface area is 115 Å². The summed E-state index contributed by atoms with van der Waals surface area (Å²) in [5.74, 6) is 0.335. The summed E-state index contributed by atoms with van der Waals surface area (Å²) in [5, 5.41) is 13.5. The zero-order valence-corrected chi connectivity index (χ0v) is 11.9. The number of aliphatic hydroxyl groups is 1. The fourth-order valence-corrected chi connectivity index (χ4v) is 3.08. The van der Waals surface area contributed by atoms with Crippen molar-refractivity contribution in [2.24, 2.45) is 5.92 Å². The van der Waals surface area contributed by atoms with Gasteiger partial charge >= 0.3 is 0 Å². The van der Waals surface area contributed by atoms with E-state index in [0.717, 1.165) is 52.0 Å². The first-order chi connectivity index (χ1) is 9.26. The third-order valence-corrected chi connectivity index (χ3v) is 4.32.